The van der Waals surface area contributed by atoms with Crippen molar-refractivity contribution in [2.24, 2.45) is 7.05 Å². The normalized spacial score (nSPS) is 12.1. The number of hydrogen-bond donors (Lipinski definition) is 2. The quantitative estimate of drug-likeness (QED) is 0.565. The Morgan fingerprint density at radius 1 is 1.15 bits per heavy atom. The van der Waals surface area contributed by atoms with E-state index in [1.165, 1.54) is 6.33 Å². The fourth-order valence-corrected chi connectivity index (χ4v) is 2.75. The molecule has 0 saturated heterocycles. The molecule has 1 unspecified atom stereocenters. The van der Waals surface area contributed by atoms with E-state index in [-0.39, 0.29) is 5.91 Å². The van der Waals surface area contributed by atoms with Gasteiger partial charge in [0.05, 0.1) is 11.6 Å². The Morgan fingerprint density at radius 3 is 2.81 bits per heavy atom. The standard InChI is InChI=1S/C18H18N8O/c1-12(26-8-4-7-21-26)18(27)24-14-6-3-5-13(9-14)23-16-15-10-22-25(2)17(15)20-11-19-16/h3-12H,1-2H3,(H,24,27)(H,19,20,23). The second-order valence-corrected chi connectivity index (χ2v) is 6.08. The number of aryl methyl sites for hydroxylation is 1. The summed E-state index contributed by atoms with van der Waals surface area (Å²) >= 11 is 0. The van der Waals surface area contributed by atoms with Gasteiger partial charge in [-0.25, -0.2) is 9.97 Å². The van der Waals surface area contributed by atoms with Gasteiger partial charge in [-0.3, -0.25) is 14.2 Å². The third-order valence-corrected chi connectivity index (χ3v) is 4.22. The predicted molar refractivity (Wildman–Crippen MR) is 102 cm³/mol. The average Bonchev–Trinajstić information content (AvgIpc) is 3.33. The van der Waals surface area contributed by atoms with Crippen molar-refractivity contribution < 1.29 is 4.79 Å². The number of nitrogens with zero attached hydrogens (tertiary/aromatic N) is 6. The lowest BCUT2D eigenvalue weighted by Gasteiger charge is -2.14. The fourth-order valence-electron chi connectivity index (χ4n) is 2.75. The summed E-state index contributed by atoms with van der Waals surface area (Å²) < 4.78 is 3.30. The molecule has 0 fully saturated rings. The molecule has 1 aromatic carbocycles. The Bertz CT molecular complexity index is 1090. The van der Waals surface area contributed by atoms with Crippen LogP contribution in [0.3, 0.4) is 0 Å². The highest BCUT2D eigenvalue weighted by Crippen LogP contribution is 2.24. The summed E-state index contributed by atoms with van der Waals surface area (Å²) in [5.41, 5.74) is 2.22. The molecular formula is C18H18N8O. The molecule has 4 aromatic rings. The molecule has 0 aliphatic carbocycles. The average molecular weight is 362 g/mol. The lowest BCUT2D eigenvalue weighted by molar-refractivity contribution is -0.119. The van der Waals surface area contributed by atoms with Gasteiger partial charge in [0.25, 0.3) is 0 Å². The second-order valence-electron chi connectivity index (χ2n) is 6.08. The lowest BCUT2D eigenvalue weighted by atomic mass is 10.2. The highest BCUT2D eigenvalue weighted by atomic mass is 16.2. The van der Waals surface area contributed by atoms with Crippen LogP contribution in [-0.2, 0) is 11.8 Å². The molecule has 0 saturated carbocycles. The number of fused-ring (bicyclic) bond motifs is 1. The molecule has 2 N–H and O–H groups in total. The van der Waals surface area contributed by atoms with E-state index < -0.39 is 6.04 Å². The number of amides is 1. The van der Waals surface area contributed by atoms with Crippen molar-refractivity contribution in [3.05, 3.63) is 55.2 Å². The summed E-state index contributed by atoms with van der Waals surface area (Å²) in [5, 5.41) is 15.3. The van der Waals surface area contributed by atoms with Crippen molar-refractivity contribution in [2.45, 2.75) is 13.0 Å². The molecule has 3 heterocycles. The van der Waals surface area contributed by atoms with E-state index >= 15 is 0 Å². The zero-order valence-corrected chi connectivity index (χ0v) is 14.9. The molecule has 0 aliphatic heterocycles. The summed E-state index contributed by atoms with van der Waals surface area (Å²) in [5.74, 6) is 0.508. The van der Waals surface area contributed by atoms with Gasteiger partial charge in [0.15, 0.2) is 5.65 Å². The van der Waals surface area contributed by atoms with Gasteiger partial charge in [-0.05, 0) is 31.2 Å². The van der Waals surface area contributed by atoms with Crippen molar-refractivity contribution in [2.75, 3.05) is 10.6 Å². The molecule has 0 spiro atoms. The van der Waals surface area contributed by atoms with Crippen LogP contribution in [0.2, 0.25) is 0 Å². The maximum atomic E-state index is 12.4. The van der Waals surface area contributed by atoms with Crippen LogP contribution in [0.4, 0.5) is 17.2 Å². The number of rotatable bonds is 5. The first kappa shape index (κ1) is 16.7. The van der Waals surface area contributed by atoms with E-state index in [2.05, 4.69) is 30.8 Å². The van der Waals surface area contributed by atoms with E-state index in [1.807, 2.05) is 31.3 Å². The molecule has 3 aromatic heterocycles. The Balaban J connectivity index is 1.53. The molecule has 0 radical (unpaired) electrons. The first-order valence-corrected chi connectivity index (χ1v) is 8.41. The van der Waals surface area contributed by atoms with Gasteiger partial charge in [-0.1, -0.05) is 6.07 Å². The molecule has 0 bridgehead atoms. The van der Waals surface area contributed by atoms with Crippen molar-refractivity contribution in [1.82, 2.24) is 29.5 Å². The van der Waals surface area contributed by atoms with Gasteiger partial charge in [0.2, 0.25) is 5.91 Å². The van der Waals surface area contributed by atoms with Crippen LogP contribution in [0.15, 0.2) is 55.2 Å². The first-order valence-electron chi connectivity index (χ1n) is 8.41. The predicted octanol–water partition coefficient (Wildman–Crippen LogP) is 2.50. The zero-order chi connectivity index (χ0) is 18.8. The lowest BCUT2D eigenvalue weighted by Crippen LogP contribution is -2.23. The molecule has 1 amide bonds. The van der Waals surface area contributed by atoms with Crippen LogP contribution < -0.4 is 10.6 Å². The minimum absolute atomic E-state index is 0.146. The third-order valence-electron chi connectivity index (χ3n) is 4.22. The maximum absolute atomic E-state index is 12.4. The Kier molecular flexibility index (Phi) is 4.25. The topological polar surface area (TPSA) is 103 Å². The Morgan fingerprint density at radius 2 is 2.00 bits per heavy atom. The number of nitrogens with one attached hydrogen (secondary N) is 2. The highest BCUT2D eigenvalue weighted by Gasteiger charge is 2.15. The molecule has 9 nitrogen and oxygen atoms in total. The fraction of sp³-hybridized carbons (Fsp3) is 0.167. The number of hydrogen-bond acceptors (Lipinski definition) is 6. The van der Waals surface area contributed by atoms with Gasteiger partial charge in [-0.2, -0.15) is 10.2 Å². The van der Waals surface area contributed by atoms with Crippen molar-refractivity contribution in [3.8, 4) is 0 Å². The van der Waals surface area contributed by atoms with Gasteiger partial charge >= 0.3 is 0 Å². The molecular weight excluding hydrogens is 344 g/mol. The van der Waals surface area contributed by atoms with E-state index in [1.54, 1.807) is 40.9 Å². The van der Waals surface area contributed by atoms with Crippen LogP contribution in [0.25, 0.3) is 11.0 Å². The van der Waals surface area contributed by atoms with Crippen molar-refractivity contribution >= 4 is 34.1 Å². The third kappa shape index (κ3) is 3.34. The smallest absolute Gasteiger partial charge is 0.248 e. The van der Waals surface area contributed by atoms with Gasteiger partial charge < -0.3 is 10.6 Å². The number of anilines is 3. The highest BCUT2D eigenvalue weighted by molar-refractivity contribution is 5.94. The molecule has 4 rings (SSSR count). The van der Waals surface area contributed by atoms with Gasteiger partial charge in [0, 0.05) is 30.8 Å². The SMILES string of the molecule is CC(C(=O)Nc1cccc(Nc2ncnc3c2cnn3C)c1)n1cccn1. The molecule has 0 aliphatic rings. The Labute approximate surface area is 155 Å². The van der Waals surface area contributed by atoms with E-state index in [4.69, 9.17) is 0 Å². The van der Waals surface area contributed by atoms with Crippen molar-refractivity contribution in [3.63, 3.8) is 0 Å². The van der Waals surface area contributed by atoms with E-state index in [0.717, 1.165) is 16.7 Å². The minimum Gasteiger partial charge on any atom is -0.339 e. The second kappa shape index (κ2) is 6.87. The summed E-state index contributed by atoms with van der Waals surface area (Å²) in [6.45, 7) is 1.80. The molecule has 9 heteroatoms. The monoisotopic (exact) mass is 362 g/mol. The van der Waals surface area contributed by atoms with Crippen LogP contribution >= 0.6 is 0 Å². The molecule has 1 atom stereocenters. The van der Waals surface area contributed by atoms with Crippen LogP contribution in [0.1, 0.15) is 13.0 Å². The minimum atomic E-state index is -0.409. The Hall–Kier alpha value is -3.75. The number of carbonyl (C=O) groups is 1. The summed E-state index contributed by atoms with van der Waals surface area (Å²) in [7, 11) is 1.83. The van der Waals surface area contributed by atoms with Crippen LogP contribution in [0, 0.1) is 0 Å². The summed E-state index contributed by atoms with van der Waals surface area (Å²) in [4.78, 5) is 21.0. The summed E-state index contributed by atoms with van der Waals surface area (Å²) in [6, 6.07) is 8.81. The zero-order valence-electron chi connectivity index (χ0n) is 14.9. The van der Waals surface area contributed by atoms with E-state index in [0.29, 0.717) is 11.5 Å². The largest absolute Gasteiger partial charge is 0.339 e. The van der Waals surface area contributed by atoms with Gasteiger partial charge in [0.1, 0.15) is 18.2 Å². The maximum Gasteiger partial charge on any atom is 0.248 e. The van der Waals surface area contributed by atoms with Crippen LogP contribution in [0.5, 0.6) is 0 Å². The number of benzene rings is 1. The first-order chi connectivity index (χ1) is 13.1. The van der Waals surface area contributed by atoms with Gasteiger partial charge in [-0.15, -0.1) is 0 Å². The summed E-state index contributed by atoms with van der Waals surface area (Å²) in [6.07, 6.45) is 6.62. The molecule has 27 heavy (non-hydrogen) atoms. The molecule has 136 valence electrons. The van der Waals surface area contributed by atoms with Crippen LogP contribution in [-0.4, -0.2) is 35.4 Å². The number of carbonyl (C=O) groups excluding carboxylic acids is 1. The number of aromatic nitrogens is 6. The van der Waals surface area contributed by atoms with Crippen molar-refractivity contribution in [1.29, 1.82) is 0 Å². The van der Waals surface area contributed by atoms with E-state index in [9.17, 15) is 4.79 Å².